The molecule has 2 rings (SSSR count). The normalized spacial score (nSPS) is 21.7. The van der Waals surface area contributed by atoms with Crippen molar-refractivity contribution < 1.29 is 32.6 Å². The average molecular weight is 317 g/mol. The molecule has 120 valence electrons. The Bertz CT molecular complexity index is 547. The Morgan fingerprint density at radius 2 is 1.86 bits per heavy atom. The molecule has 0 saturated carbocycles. The number of aliphatic carboxylic acids is 1. The first-order valence-corrected chi connectivity index (χ1v) is 6.59. The molecule has 1 fully saturated rings. The van der Waals surface area contributed by atoms with Gasteiger partial charge in [-0.2, -0.15) is 13.2 Å². The van der Waals surface area contributed by atoms with Crippen molar-refractivity contribution in [2.75, 3.05) is 0 Å². The van der Waals surface area contributed by atoms with E-state index in [0.717, 1.165) is 0 Å². The number of halogens is 3. The van der Waals surface area contributed by atoms with E-state index in [9.17, 15) is 22.8 Å². The van der Waals surface area contributed by atoms with E-state index in [1.54, 1.807) is 30.3 Å². The smallest absolute Gasteiger partial charge is 0.411 e. The molecule has 5 nitrogen and oxygen atoms in total. The summed E-state index contributed by atoms with van der Waals surface area (Å²) in [6.45, 7) is -0.215. The van der Waals surface area contributed by atoms with Gasteiger partial charge in [-0.1, -0.05) is 30.3 Å². The molecule has 0 bridgehead atoms. The first-order chi connectivity index (χ1) is 10.3. The third kappa shape index (κ3) is 3.49. The molecule has 1 aliphatic heterocycles. The SMILES string of the molecule is O=C(O)C1CCC(C(F)(F)F)N1C(=O)OCc1ccccc1. The molecule has 0 aromatic heterocycles. The van der Waals surface area contributed by atoms with Crippen molar-refractivity contribution in [2.24, 2.45) is 0 Å². The molecule has 0 radical (unpaired) electrons. The minimum atomic E-state index is -4.68. The summed E-state index contributed by atoms with van der Waals surface area (Å²) in [5, 5.41) is 8.98. The summed E-state index contributed by atoms with van der Waals surface area (Å²) in [7, 11) is 0. The van der Waals surface area contributed by atoms with E-state index in [-0.39, 0.29) is 17.9 Å². The first-order valence-electron chi connectivity index (χ1n) is 6.59. The van der Waals surface area contributed by atoms with Gasteiger partial charge in [-0.25, -0.2) is 9.59 Å². The summed E-state index contributed by atoms with van der Waals surface area (Å²) in [5.74, 6) is -1.47. The molecular formula is C14H14F3NO4. The van der Waals surface area contributed by atoms with Gasteiger partial charge in [-0.05, 0) is 18.4 Å². The van der Waals surface area contributed by atoms with Gasteiger partial charge in [0.05, 0.1) is 0 Å². The molecule has 1 saturated heterocycles. The van der Waals surface area contributed by atoms with E-state index in [0.29, 0.717) is 5.56 Å². The van der Waals surface area contributed by atoms with Crippen LogP contribution >= 0.6 is 0 Å². The lowest BCUT2D eigenvalue weighted by Gasteiger charge is -2.28. The zero-order valence-corrected chi connectivity index (χ0v) is 11.4. The molecule has 1 heterocycles. The topological polar surface area (TPSA) is 66.8 Å². The maximum Gasteiger partial charge on any atom is 0.411 e. The maximum atomic E-state index is 12.9. The Labute approximate surface area is 124 Å². The Morgan fingerprint density at radius 3 is 2.41 bits per heavy atom. The molecule has 2 atom stereocenters. The third-order valence-electron chi connectivity index (χ3n) is 3.46. The summed E-state index contributed by atoms with van der Waals surface area (Å²) >= 11 is 0. The van der Waals surface area contributed by atoms with Gasteiger partial charge in [-0.3, -0.25) is 4.90 Å². The number of benzene rings is 1. The fraction of sp³-hybridized carbons (Fsp3) is 0.429. The molecule has 1 aromatic rings. The Balaban J connectivity index is 2.10. The van der Waals surface area contributed by atoms with E-state index >= 15 is 0 Å². The van der Waals surface area contributed by atoms with E-state index in [2.05, 4.69) is 0 Å². The fourth-order valence-corrected chi connectivity index (χ4v) is 2.42. The minimum absolute atomic E-state index is 0.215. The second kappa shape index (κ2) is 6.25. The number of hydrogen-bond acceptors (Lipinski definition) is 3. The highest BCUT2D eigenvalue weighted by Gasteiger charge is 2.54. The van der Waals surface area contributed by atoms with Crippen LogP contribution in [0.3, 0.4) is 0 Å². The highest BCUT2D eigenvalue weighted by atomic mass is 19.4. The zero-order valence-electron chi connectivity index (χ0n) is 11.4. The number of amides is 1. The lowest BCUT2D eigenvalue weighted by atomic mass is 10.2. The van der Waals surface area contributed by atoms with Crippen molar-refractivity contribution in [1.29, 1.82) is 0 Å². The van der Waals surface area contributed by atoms with E-state index in [1.807, 2.05) is 0 Å². The van der Waals surface area contributed by atoms with Crippen LogP contribution < -0.4 is 0 Å². The van der Waals surface area contributed by atoms with Crippen LogP contribution in [0.1, 0.15) is 18.4 Å². The van der Waals surface area contributed by atoms with Crippen LogP contribution in [0.15, 0.2) is 30.3 Å². The predicted molar refractivity (Wildman–Crippen MR) is 69.0 cm³/mol. The number of carboxylic acid groups (broad SMARTS) is 1. The van der Waals surface area contributed by atoms with Gasteiger partial charge in [-0.15, -0.1) is 0 Å². The van der Waals surface area contributed by atoms with Crippen molar-refractivity contribution in [3.8, 4) is 0 Å². The number of nitrogens with zero attached hydrogens (tertiary/aromatic N) is 1. The molecule has 1 aliphatic rings. The Morgan fingerprint density at radius 1 is 1.23 bits per heavy atom. The second-order valence-electron chi connectivity index (χ2n) is 4.94. The van der Waals surface area contributed by atoms with Gasteiger partial charge in [0, 0.05) is 0 Å². The van der Waals surface area contributed by atoms with Crippen molar-refractivity contribution in [3.63, 3.8) is 0 Å². The quantitative estimate of drug-likeness (QED) is 0.931. The molecule has 2 unspecified atom stereocenters. The Hall–Kier alpha value is -2.25. The molecular weight excluding hydrogens is 303 g/mol. The summed E-state index contributed by atoms with van der Waals surface area (Å²) in [5.41, 5.74) is 0.602. The first kappa shape index (κ1) is 16.1. The van der Waals surface area contributed by atoms with Crippen LogP contribution in [0.2, 0.25) is 0 Å². The van der Waals surface area contributed by atoms with Gasteiger partial charge in [0.1, 0.15) is 18.7 Å². The van der Waals surface area contributed by atoms with Crippen LogP contribution in [0.25, 0.3) is 0 Å². The number of carbonyl (C=O) groups excluding carboxylic acids is 1. The van der Waals surface area contributed by atoms with Crippen LogP contribution in [0.5, 0.6) is 0 Å². The minimum Gasteiger partial charge on any atom is -0.480 e. The predicted octanol–water partition coefficient (Wildman–Crippen LogP) is 2.80. The average Bonchev–Trinajstić information content (AvgIpc) is 2.91. The van der Waals surface area contributed by atoms with Gasteiger partial charge < -0.3 is 9.84 Å². The van der Waals surface area contributed by atoms with E-state index in [1.165, 1.54) is 0 Å². The van der Waals surface area contributed by atoms with E-state index < -0.39 is 36.7 Å². The molecule has 1 amide bonds. The standard InChI is InChI=1S/C14H14F3NO4/c15-14(16,17)11-7-6-10(12(19)20)18(11)13(21)22-8-9-4-2-1-3-5-9/h1-5,10-11H,6-8H2,(H,19,20). The molecule has 0 spiro atoms. The van der Waals surface area contributed by atoms with Crippen LogP contribution in [0, 0.1) is 0 Å². The summed E-state index contributed by atoms with van der Waals surface area (Å²) in [6.07, 6.45) is -6.65. The van der Waals surface area contributed by atoms with Crippen molar-refractivity contribution in [1.82, 2.24) is 4.90 Å². The maximum absolute atomic E-state index is 12.9. The summed E-state index contributed by atoms with van der Waals surface area (Å²) in [4.78, 5) is 23.3. The molecule has 0 aliphatic carbocycles. The highest BCUT2D eigenvalue weighted by Crippen LogP contribution is 2.36. The zero-order chi connectivity index (χ0) is 16.3. The van der Waals surface area contributed by atoms with Crippen LogP contribution in [0.4, 0.5) is 18.0 Å². The van der Waals surface area contributed by atoms with Crippen molar-refractivity contribution in [2.45, 2.75) is 37.7 Å². The summed E-state index contributed by atoms with van der Waals surface area (Å²) in [6, 6.07) is 4.77. The molecule has 1 aromatic carbocycles. The lowest BCUT2D eigenvalue weighted by molar-refractivity contribution is -0.177. The second-order valence-corrected chi connectivity index (χ2v) is 4.94. The van der Waals surface area contributed by atoms with Gasteiger partial charge in [0.2, 0.25) is 0 Å². The summed E-state index contributed by atoms with van der Waals surface area (Å²) < 4.78 is 43.6. The lowest BCUT2D eigenvalue weighted by Crippen LogP contribution is -2.50. The van der Waals surface area contributed by atoms with Crippen LogP contribution in [-0.4, -0.2) is 40.3 Å². The highest BCUT2D eigenvalue weighted by molar-refractivity contribution is 5.81. The van der Waals surface area contributed by atoms with Gasteiger partial charge >= 0.3 is 18.2 Å². The monoisotopic (exact) mass is 317 g/mol. The van der Waals surface area contributed by atoms with Gasteiger partial charge in [0.15, 0.2) is 0 Å². The van der Waals surface area contributed by atoms with Crippen LogP contribution in [-0.2, 0) is 16.1 Å². The third-order valence-corrected chi connectivity index (χ3v) is 3.46. The number of ether oxygens (including phenoxy) is 1. The molecule has 8 heteroatoms. The largest absolute Gasteiger partial charge is 0.480 e. The van der Waals surface area contributed by atoms with E-state index in [4.69, 9.17) is 9.84 Å². The number of hydrogen-bond donors (Lipinski definition) is 1. The fourth-order valence-electron chi connectivity index (χ4n) is 2.42. The molecule has 1 N–H and O–H groups in total. The number of alkyl halides is 3. The number of carboxylic acids is 1. The molecule has 22 heavy (non-hydrogen) atoms. The number of likely N-dealkylation sites (tertiary alicyclic amines) is 1. The van der Waals surface area contributed by atoms with Crippen molar-refractivity contribution in [3.05, 3.63) is 35.9 Å². The number of carbonyl (C=O) groups is 2. The number of rotatable bonds is 3. The Kier molecular flexibility index (Phi) is 4.58. The van der Waals surface area contributed by atoms with Gasteiger partial charge in [0.25, 0.3) is 0 Å². The van der Waals surface area contributed by atoms with Crippen molar-refractivity contribution >= 4 is 12.1 Å².